The molecule has 0 radical (unpaired) electrons. The zero-order valence-corrected chi connectivity index (χ0v) is 12.5. The second-order valence-corrected chi connectivity index (χ2v) is 5.85. The molecule has 0 atom stereocenters. The van der Waals surface area contributed by atoms with E-state index in [1.165, 1.54) is 12.8 Å². The smallest absolute Gasteiger partial charge is 0.129 e. The van der Waals surface area contributed by atoms with Gasteiger partial charge in [0.15, 0.2) is 0 Å². The van der Waals surface area contributed by atoms with Crippen molar-refractivity contribution >= 4 is 22.6 Å². The lowest BCUT2D eigenvalue weighted by Crippen LogP contribution is -2.28. The number of pyridine rings is 1. The Morgan fingerprint density at radius 2 is 2.14 bits per heavy atom. The van der Waals surface area contributed by atoms with Crippen LogP contribution in [0.1, 0.15) is 31.7 Å². The lowest BCUT2D eigenvalue weighted by atomic mass is 10.1. The van der Waals surface area contributed by atoms with Gasteiger partial charge in [0.05, 0.1) is 5.52 Å². The lowest BCUT2D eigenvalue weighted by Gasteiger charge is -2.24. The van der Waals surface area contributed by atoms with Gasteiger partial charge in [0, 0.05) is 24.0 Å². The molecule has 4 heteroatoms. The van der Waals surface area contributed by atoms with Gasteiger partial charge in [-0.15, -0.1) is 0 Å². The van der Waals surface area contributed by atoms with E-state index in [-0.39, 0.29) is 5.84 Å². The highest BCUT2D eigenvalue weighted by molar-refractivity contribution is 6.07. The molecular weight excluding hydrogens is 260 g/mol. The van der Waals surface area contributed by atoms with Crippen LogP contribution in [0.5, 0.6) is 0 Å². The second kappa shape index (κ2) is 5.72. The number of nitrogen functional groups attached to an aromatic ring is 1. The molecular formula is C17H22N4. The molecule has 2 aromatic rings. The van der Waals surface area contributed by atoms with Crippen LogP contribution in [0.2, 0.25) is 0 Å². The van der Waals surface area contributed by atoms with Crippen molar-refractivity contribution in [1.82, 2.24) is 4.98 Å². The summed E-state index contributed by atoms with van der Waals surface area (Å²) in [5.74, 6) is 1.87. The molecule has 0 aliphatic heterocycles. The Bertz CT molecular complexity index is 661. The third-order valence-electron chi connectivity index (χ3n) is 3.99. The molecule has 4 nitrogen and oxygen atoms in total. The van der Waals surface area contributed by atoms with Crippen LogP contribution < -0.4 is 10.6 Å². The summed E-state index contributed by atoms with van der Waals surface area (Å²) in [6.45, 7) is 4.25. The minimum Gasteiger partial charge on any atom is -0.384 e. The van der Waals surface area contributed by atoms with Gasteiger partial charge >= 0.3 is 0 Å². The molecule has 1 aliphatic rings. The lowest BCUT2D eigenvalue weighted by molar-refractivity contribution is 0.700. The molecule has 0 saturated heterocycles. The quantitative estimate of drug-likeness (QED) is 0.632. The Morgan fingerprint density at radius 3 is 2.81 bits per heavy atom. The van der Waals surface area contributed by atoms with Crippen molar-refractivity contribution < 1.29 is 0 Å². The van der Waals surface area contributed by atoms with Crippen molar-refractivity contribution in [2.24, 2.45) is 11.7 Å². The van der Waals surface area contributed by atoms with Gasteiger partial charge in [-0.2, -0.15) is 0 Å². The van der Waals surface area contributed by atoms with Gasteiger partial charge < -0.3 is 10.6 Å². The molecule has 1 fully saturated rings. The van der Waals surface area contributed by atoms with E-state index < -0.39 is 0 Å². The van der Waals surface area contributed by atoms with Gasteiger partial charge in [-0.3, -0.25) is 5.41 Å². The first-order chi connectivity index (χ1) is 10.2. The fourth-order valence-corrected chi connectivity index (χ4v) is 2.73. The van der Waals surface area contributed by atoms with Crippen LogP contribution in [0.4, 0.5) is 5.82 Å². The summed E-state index contributed by atoms with van der Waals surface area (Å²) in [6, 6.07) is 9.89. The molecule has 3 N–H and O–H groups in total. The number of nitrogens with one attached hydrogen (secondary N) is 1. The van der Waals surface area contributed by atoms with Crippen molar-refractivity contribution in [3.05, 3.63) is 35.9 Å². The highest BCUT2D eigenvalue weighted by Gasteiger charge is 2.25. The number of para-hydroxylation sites is 1. The maximum absolute atomic E-state index is 7.84. The Morgan fingerprint density at radius 1 is 1.38 bits per heavy atom. The van der Waals surface area contributed by atoms with Crippen LogP contribution in [0, 0.1) is 11.3 Å². The minimum atomic E-state index is 0.109. The number of hydrogen-bond acceptors (Lipinski definition) is 3. The van der Waals surface area contributed by atoms with Gasteiger partial charge in [0.25, 0.3) is 0 Å². The highest BCUT2D eigenvalue weighted by Crippen LogP contribution is 2.32. The number of benzene rings is 1. The Balaban J connectivity index is 2.05. The molecule has 1 aromatic heterocycles. The first-order valence-corrected chi connectivity index (χ1v) is 7.68. The van der Waals surface area contributed by atoms with Crippen molar-refractivity contribution in [2.75, 3.05) is 18.0 Å². The monoisotopic (exact) mass is 282 g/mol. The van der Waals surface area contributed by atoms with Gasteiger partial charge in [0.1, 0.15) is 11.7 Å². The first-order valence-electron chi connectivity index (χ1n) is 7.68. The molecule has 1 aliphatic carbocycles. The molecule has 21 heavy (non-hydrogen) atoms. The van der Waals surface area contributed by atoms with E-state index in [1.807, 2.05) is 30.3 Å². The number of anilines is 1. The van der Waals surface area contributed by atoms with Gasteiger partial charge in [0.2, 0.25) is 0 Å². The third kappa shape index (κ3) is 2.99. The van der Waals surface area contributed by atoms with Crippen LogP contribution in [0.25, 0.3) is 10.9 Å². The molecule has 0 amide bonds. The normalized spacial score (nSPS) is 14.3. The predicted octanol–water partition coefficient (Wildman–Crippen LogP) is 3.15. The van der Waals surface area contributed by atoms with Crippen molar-refractivity contribution in [3.8, 4) is 0 Å². The topological polar surface area (TPSA) is 66.0 Å². The molecule has 0 unspecified atom stereocenters. The molecule has 3 rings (SSSR count). The maximum Gasteiger partial charge on any atom is 0.129 e. The molecule has 1 saturated carbocycles. The zero-order chi connectivity index (χ0) is 14.8. The maximum atomic E-state index is 7.84. The highest BCUT2D eigenvalue weighted by atomic mass is 15.2. The van der Waals surface area contributed by atoms with Crippen molar-refractivity contribution in [2.45, 2.75) is 26.2 Å². The first kappa shape index (κ1) is 13.9. The fourth-order valence-electron chi connectivity index (χ4n) is 2.73. The summed E-state index contributed by atoms with van der Waals surface area (Å²) in [4.78, 5) is 7.14. The van der Waals surface area contributed by atoms with Crippen molar-refractivity contribution in [1.29, 1.82) is 5.41 Å². The molecule has 1 aromatic carbocycles. The Kier molecular flexibility index (Phi) is 3.78. The third-order valence-corrected chi connectivity index (χ3v) is 3.99. The number of nitrogens with zero attached hydrogens (tertiary/aromatic N) is 2. The summed E-state index contributed by atoms with van der Waals surface area (Å²) in [7, 11) is 0. The van der Waals surface area contributed by atoms with Gasteiger partial charge in [-0.05, 0) is 37.3 Å². The number of fused-ring (bicyclic) bond motifs is 1. The molecule has 1 heterocycles. The van der Waals surface area contributed by atoms with Gasteiger partial charge in [-0.1, -0.05) is 25.1 Å². The van der Waals surface area contributed by atoms with Crippen LogP contribution >= 0.6 is 0 Å². The number of amidine groups is 1. The Hall–Kier alpha value is -2.10. The van der Waals surface area contributed by atoms with E-state index in [1.54, 1.807) is 0 Å². The summed E-state index contributed by atoms with van der Waals surface area (Å²) >= 11 is 0. The van der Waals surface area contributed by atoms with E-state index >= 15 is 0 Å². The summed E-state index contributed by atoms with van der Waals surface area (Å²) < 4.78 is 0. The number of aromatic nitrogens is 1. The molecule has 0 spiro atoms. The SMILES string of the molecule is CCCN(CC1CC1)c1cc(C(=N)N)c2ccccc2n1. The van der Waals surface area contributed by atoms with E-state index in [0.717, 1.165) is 47.7 Å². The number of nitrogens with two attached hydrogens (primary N) is 1. The standard InChI is InChI=1S/C17H22N4/c1-2-9-21(11-12-7-8-12)16-10-14(17(18)19)13-5-3-4-6-15(13)20-16/h3-6,10,12H,2,7-9,11H2,1H3,(H3,18,19). The largest absolute Gasteiger partial charge is 0.384 e. The minimum absolute atomic E-state index is 0.109. The summed E-state index contributed by atoms with van der Waals surface area (Å²) in [6.07, 6.45) is 3.75. The van der Waals surface area contributed by atoms with Crippen LogP contribution in [-0.2, 0) is 0 Å². The number of hydrogen-bond donors (Lipinski definition) is 2. The summed E-state index contributed by atoms with van der Waals surface area (Å²) in [5, 5.41) is 8.80. The van der Waals surface area contributed by atoms with E-state index in [2.05, 4.69) is 11.8 Å². The zero-order valence-electron chi connectivity index (χ0n) is 12.5. The van der Waals surface area contributed by atoms with E-state index in [4.69, 9.17) is 16.1 Å². The second-order valence-electron chi connectivity index (χ2n) is 5.85. The average Bonchev–Trinajstić information content (AvgIpc) is 3.29. The molecule has 110 valence electrons. The predicted molar refractivity (Wildman–Crippen MR) is 88.0 cm³/mol. The summed E-state index contributed by atoms with van der Waals surface area (Å²) in [5.41, 5.74) is 7.47. The van der Waals surface area contributed by atoms with Crippen LogP contribution in [0.15, 0.2) is 30.3 Å². The Labute approximate surface area is 125 Å². The number of rotatable bonds is 6. The average molecular weight is 282 g/mol. The fraction of sp³-hybridized carbons (Fsp3) is 0.412. The van der Waals surface area contributed by atoms with E-state index in [0.29, 0.717) is 0 Å². The molecule has 0 bridgehead atoms. The van der Waals surface area contributed by atoms with E-state index in [9.17, 15) is 0 Å². The van der Waals surface area contributed by atoms with Gasteiger partial charge in [-0.25, -0.2) is 4.98 Å². The van der Waals surface area contributed by atoms with Crippen molar-refractivity contribution in [3.63, 3.8) is 0 Å². The van der Waals surface area contributed by atoms with Crippen LogP contribution in [-0.4, -0.2) is 23.9 Å². The van der Waals surface area contributed by atoms with Crippen LogP contribution in [0.3, 0.4) is 0 Å².